The van der Waals surface area contributed by atoms with Crippen molar-refractivity contribution in [1.29, 1.82) is 0 Å². The maximum atomic E-state index is 12.3. The molecule has 1 N–H and O–H groups in total. The van der Waals surface area contributed by atoms with Gasteiger partial charge in [-0.15, -0.1) is 0 Å². The Bertz CT molecular complexity index is 669. The molecule has 0 fully saturated rings. The quantitative estimate of drug-likeness (QED) is 0.753. The van der Waals surface area contributed by atoms with E-state index in [9.17, 15) is 4.79 Å². The van der Waals surface area contributed by atoms with E-state index in [-0.39, 0.29) is 5.91 Å². The second kappa shape index (κ2) is 8.96. The Balaban J connectivity index is 1.78. The molecule has 0 aromatic heterocycles. The van der Waals surface area contributed by atoms with E-state index in [2.05, 4.69) is 5.32 Å². The van der Waals surface area contributed by atoms with Crippen molar-refractivity contribution in [3.63, 3.8) is 0 Å². The number of amides is 1. The van der Waals surface area contributed by atoms with Crippen molar-refractivity contribution in [1.82, 2.24) is 5.32 Å². The Kier molecular flexibility index (Phi) is 6.67. The monoisotopic (exact) mass is 327 g/mol. The summed E-state index contributed by atoms with van der Waals surface area (Å²) in [4.78, 5) is 12.3. The van der Waals surface area contributed by atoms with Crippen molar-refractivity contribution in [2.45, 2.75) is 33.3 Å². The van der Waals surface area contributed by atoms with Crippen molar-refractivity contribution in [2.75, 3.05) is 13.2 Å². The number of carbonyl (C=O) groups excluding carboxylic acids is 1. The Labute approximate surface area is 143 Å². The number of aryl methyl sites for hydroxylation is 2. The molecule has 2 rings (SSSR count). The fourth-order valence-electron chi connectivity index (χ4n) is 2.33. The molecule has 24 heavy (non-hydrogen) atoms. The normalized spacial score (nSPS) is 11.6. The highest BCUT2D eigenvalue weighted by molar-refractivity contribution is 5.81. The molecule has 2 aromatic carbocycles. The topological polar surface area (TPSA) is 47.6 Å². The minimum atomic E-state index is -0.495. The summed E-state index contributed by atoms with van der Waals surface area (Å²) in [6.07, 6.45) is 0.115. The molecule has 0 saturated carbocycles. The van der Waals surface area contributed by atoms with Gasteiger partial charge < -0.3 is 14.8 Å². The molecule has 0 aliphatic heterocycles. The molecule has 1 atom stereocenters. The molecule has 0 spiro atoms. The number of hydrogen-bond acceptors (Lipinski definition) is 3. The van der Waals surface area contributed by atoms with Gasteiger partial charge in [0, 0.05) is 0 Å². The Morgan fingerprint density at radius 3 is 2.62 bits per heavy atom. The molecule has 0 unspecified atom stereocenters. The number of para-hydroxylation sites is 1. The lowest BCUT2D eigenvalue weighted by molar-refractivity contribution is -0.128. The molecule has 4 heteroatoms. The van der Waals surface area contributed by atoms with Crippen LogP contribution in [0.2, 0.25) is 0 Å². The molecule has 0 aliphatic rings. The van der Waals surface area contributed by atoms with Gasteiger partial charge in [-0.3, -0.25) is 4.79 Å². The molecule has 4 nitrogen and oxygen atoms in total. The summed E-state index contributed by atoms with van der Waals surface area (Å²) >= 11 is 0. The summed E-state index contributed by atoms with van der Waals surface area (Å²) in [6, 6.07) is 15.6. The van der Waals surface area contributed by atoms with Crippen molar-refractivity contribution in [3.05, 3.63) is 59.7 Å². The highest BCUT2D eigenvalue weighted by atomic mass is 16.5. The maximum absolute atomic E-state index is 12.3. The molecule has 0 aliphatic carbocycles. The van der Waals surface area contributed by atoms with Crippen molar-refractivity contribution < 1.29 is 14.3 Å². The standard InChI is InChI=1S/C20H25NO3/c1-4-18(24-19-11-6-5-9-16(19)3)20(22)21-12-13-23-17-10-7-8-15(2)14-17/h5-11,14,18H,4,12-13H2,1-3H3,(H,21,22)/t18-/m1/s1. The first-order chi connectivity index (χ1) is 11.6. The van der Waals surface area contributed by atoms with Crippen LogP contribution in [-0.2, 0) is 4.79 Å². The first-order valence-corrected chi connectivity index (χ1v) is 8.29. The van der Waals surface area contributed by atoms with Crippen LogP contribution in [0.1, 0.15) is 24.5 Å². The summed E-state index contributed by atoms with van der Waals surface area (Å²) in [7, 11) is 0. The fraction of sp³-hybridized carbons (Fsp3) is 0.350. The SMILES string of the molecule is CC[C@@H](Oc1ccccc1C)C(=O)NCCOc1cccc(C)c1. The van der Waals surface area contributed by atoms with Crippen LogP contribution in [0.4, 0.5) is 0 Å². The average Bonchev–Trinajstić information content (AvgIpc) is 2.58. The van der Waals surface area contributed by atoms with Gasteiger partial charge in [-0.2, -0.15) is 0 Å². The second-order valence-corrected chi connectivity index (χ2v) is 5.74. The smallest absolute Gasteiger partial charge is 0.261 e. The Hall–Kier alpha value is -2.49. The third-order valence-corrected chi connectivity index (χ3v) is 3.69. The molecule has 1 amide bonds. The van der Waals surface area contributed by atoms with Crippen molar-refractivity contribution in [3.8, 4) is 11.5 Å². The van der Waals surface area contributed by atoms with Gasteiger partial charge in [-0.1, -0.05) is 37.3 Å². The molecular formula is C20H25NO3. The van der Waals surface area contributed by atoms with E-state index in [1.807, 2.05) is 69.3 Å². The van der Waals surface area contributed by atoms with Crippen LogP contribution in [0.15, 0.2) is 48.5 Å². The van der Waals surface area contributed by atoms with Gasteiger partial charge in [0.25, 0.3) is 5.91 Å². The first-order valence-electron chi connectivity index (χ1n) is 8.29. The highest BCUT2D eigenvalue weighted by Gasteiger charge is 2.18. The zero-order valence-electron chi connectivity index (χ0n) is 14.5. The number of carbonyl (C=O) groups is 1. The number of benzene rings is 2. The number of rotatable bonds is 8. The zero-order valence-corrected chi connectivity index (χ0v) is 14.5. The van der Waals surface area contributed by atoms with Gasteiger partial charge in [0.1, 0.15) is 18.1 Å². The van der Waals surface area contributed by atoms with E-state index in [1.165, 1.54) is 0 Å². The molecular weight excluding hydrogens is 302 g/mol. The molecule has 0 radical (unpaired) electrons. The summed E-state index contributed by atoms with van der Waals surface area (Å²) in [5.74, 6) is 1.44. The minimum Gasteiger partial charge on any atom is -0.492 e. The summed E-state index contributed by atoms with van der Waals surface area (Å²) in [6.45, 7) is 6.79. The predicted octanol–water partition coefficient (Wildman–Crippen LogP) is 3.66. The minimum absolute atomic E-state index is 0.117. The van der Waals surface area contributed by atoms with Crippen LogP contribution in [0.5, 0.6) is 11.5 Å². The van der Waals surface area contributed by atoms with Gasteiger partial charge >= 0.3 is 0 Å². The molecule has 0 heterocycles. The second-order valence-electron chi connectivity index (χ2n) is 5.74. The van der Waals surface area contributed by atoms with Crippen LogP contribution in [0.25, 0.3) is 0 Å². The van der Waals surface area contributed by atoms with E-state index in [0.717, 1.165) is 22.6 Å². The lowest BCUT2D eigenvalue weighted by atomic mass is 10.2. The zero-order chi connectivity index (χ0) is 17.4. The molecule has 0 saturated heterocycles. The van der Waals surface area contributed by atoms with Gasteiger partial charge in [0.05, 0.1) is 6.54 Å². The van der Waals surface area contributed by atoms with Crippen molar-refractivity contribution >= 4 is 5.91 Å². The van der Waals surface area contributed by atoms with E-state index in [4.69, 9.17) is 9.47 Å². The largest absolute Gasteiger partial charge is 0.492 e. The van der Waals surface area contributed by atoms with E-state index in [1.54, 1.807) is 0 Å². The van der Waals surface area contributed by atoms with Crippen LogP contribution >= 0.6 is 0 Å². The van der Waals surface area contributed by atoms with Gasteiger partial charge in [-0.05, 0) is 49.6 Å². The van der Waals surface area contributed by atoms with Crippen LogP contribution in [0, 0.1) is 13.8 Å². The summed E-state index contributed by atoms with van der Waals surface area (Å²) in [5.41, 5.74) is 2.17. The lowest BCUT2D eigenvalue weighted by Gasteiger charge is -2.18. The average molecular weight is 327 g/mol. The van der Waals surface area contributed by atoms with Gasteiger partial charge in [0.2, 0.25) is 0 Å². The van der Waals surface area contributed by atoms with E-state index >= 15 is 0 Å². The van der Waals surface area contributed by atoms with Crippen molar-refractivity contribution in [2.24, 2.45) is 0 Å². The summed E-state index contributed by atoms with van der Waals surface area (Å²) < 4.78 is 11.5. The Morgan fingerprint density at radius 2 is 1.92 bits per heavy atom. The van der Waals surface area contributed by atoms with E-state index < -0.39 is 6.10 Å². The molecule has 0 bridgehead atoms. The fourth-order valence-corrected chi connectivity index (χ4v) is 2.33. The maximum Gasteiger partial charge on any atom is 0.261 e. The highest BCUT2D eigenvalue weighted by Crippen LogP contribution is 2.18. The van der Waals surface area contributed by atoms with Crippen LogP contribution in [0.3, 0.4) is 0 Å². The first kappa shape index (κ1) is 17.9. The number of ether oxygens (including phenoxy) is 2. The third kappa shape index (κ3) is 5.30. The van der Waals surface area contributed by atoms with Gasteiger partial charge in [0.15, 0.2) is 6.10 Å². The molecule has 128 valence electrons. The number of hydrogen-bond donors (Lipinski definition) is 1. The lowest BCUT2D eigenvalue weighted by Crippen LogP contribution is -2.39. The predicted molar refractivity (Wildman–Crippen MR) is 95.6 cm³/mol. The number of nitrogens with one attached hydrogen (secondary N) is 1. The van der Waals surface area contributed by atoms with E-state index in [0.29, 0.717) is 19.6 Å². The summed E-state index contributed by atoms with van der Waals surface area (Å²) in [5, 5.41) is 2.87. The molecule has 2 aromatic rings. The van der Waals surface area contributed by atoms with Crippen LogP contribution in [-0.4, -0.2) is 25.2 Å². The Morgan fingerprint density at radius 1 is 1.12 bits per heavy atom. The van der Waals surface area contributed by atoms with Crippen LogP contribution < -0.4 is 14.8 Å². The third-order valence-electron chi connectivity index (χ3n) is 3.69. The van der Waals surface area contributed by atoms with Gasteiger partial charge in [-0.25, -0.2) is 0 Å².